The lowest BCUT2D eigenvalue weighted by molar-refractivity contribution is -0.141. The van der Waals surface area contributed by atoms with E-state index in [2.05, 4.69) is 20.9 Å². The zero-order valence-electron chi connectivity index (χ0n) is 21.6. The fourth-order valence-corrected chi connectivity index (χ4v) is 7.03. The Labute approximate surface area is 249 Å². The number of carbonyl (C=O) groups is 4. The summed E-state index contributed by atoms with van der Waals surface area (Å²) in [4.78, 5) is 57.7. The maximum absolute atomic E-state index is 14.0. The van der Waals surface area contributed by atoms with E-state index in [1.165, 1.54) is 13.1 Å². The van der Waals surface area contributed by atoms with Crippen LogP contribution in [-0.2, 0) is 32.0 Å². The highest BCUT2D eigenvalue weighted by molar-refractivity contribution is 9.12. The number of nitrogens with zero attached hydrogens (tertiary/aromatic N) is 3. The lowest BCUT2D eigenvalue weighted by atomic mass is 9.60. The molecule has 0 spiro atoms. The molecule has 14 heteroatoms. The van der Waals surface area contributed by atoms with Crippen molar-refractivity contribution in [2.45, 2.75) is 31.5 Å². The largest absolute Gasteiger partial charge is 0.463 e. The maximum Gasteiger partial charge on any atom is 0.433 e. The van der Waals surface area contributed by atoms with E-state index >= 15 is 0 Å². The van der Waals surface area contributed by atoms with E-state index in [9.17, 15) is 37.5 Å². The fraction of sp³-hybridized carbons (Fsp3) is 0.321. The predicted molar refractivity (Wildman–Crippen MR) is 144 cm³/mol. The van der Waals surface area contributed by atoms with Gasteiger partial charge in [0.25, 0.3) is 11.8 Å². The second-order valence-corrected chi connectivity index (χ2v) is 11.6. The number of aromatic nitrogens is 1. The number of hydrogen-bond donors (Lipinski definition) is 1. The number of rotatable bonds is 4. The van der Waals surface area contributed by atoms with E-state index in [1.807, 2.05) is 0 Å². The van der Waals surface area contributed by atoms with Gasteiger partial charge in [-0.25, -0.2) is 4.98 Å². The van der Waals surface area contributed by atoms with Gasteiger partial charge >= 0.3 is 6.18 Å². The van der Waals surface area contributed by atoms with Crippen LogP contribution in [0.3, 0.4) is 0 Å². The molecular formula is C28H20BrClF3N3O6. The molecule has 0 unspecified atom stereocenters. The van der Waals surface area contributed by atoms with Crippen LogP contribution in [0.1, 0.15) is 36.0 Å². The number of alkyl halides is 3. The minimum Gasteiger partial charge on any atom is -0.463 e. The van der Waals surface area contributed by atoms with Gasteiger partial charge < -0.3 is 9.52 Å². The number of Topliss-reactive ketones (excluding diaryl/α,β-unsaturated/α-hetero) is 1. The Morgan fingerprint density at radius 2 is 1.88 bits per heavy atom. The highest BCUT2D eigenvalue weighted by Gasteiger charge is 2.58. The average Bonchev–Trinajstić information content (AvgIpc) is 3.52. The van der Waals surface area contributed by atoms with E-state index in [0.29, 0.717) is 17.4 Å². The fourth-order valence-electron chi connectivity index (χ4n) is 6.36. The van der Waals surface area contributed by atoms with Crippen LogP contribution in [0.4, 0.5) is 19.0 Å². The summed E-state index contributed by atoms with van der Waals surface area (Å²) in [5, 5.41) is 11.0. The Morgan fingerprint density at radius 1 is 1.14 bits per heavy atom. The first-order valence-electron chi connectivity index (χ1n) is 12.8. The lowest BCUT2D eigenvalue weighted by Gasteiger charge is -2.41. The number of furan rings is 1. The van der Waals surface area contributed by atoms with Crippen molar-refractivity contribution in [3.8, 4) is 0 Å². The number of pyridine rings is 1. The molecule has 1 N–H and O–H groups in total. The summed E-state index contributed by atoms with van der Waals surface area (Å²) in [7, 11) is 1.23. The molecule has 3 aliphatic carbocycles. The van der Waals surface area contributed by atoms with Crippen LogP contribution in [0.5, 0.6) is 0 Å². The second-order valence-electron chi connectivity index (χ2n) is 10.4. The summed E-state index contributed by atoms with van der Waals surface area (Å²) < 4.78 is 46.0. The third-order valence-electron chi connectivity index (χ3n) is 8.16. The summed E-state index contributed by atoms with van der Waals surface area (Å²) >= 11 is 9.30. The summed E-state index contributed by atoms with van der Waals surface area (Å²) in [5.41, 5.74) is -0.252. The van der Waals surface area contributed by atoms with Crippen LogP contribution >= 0.6 is 27.5 Å². The Morgan fingerprint density at radius 3 is 2.55 bits per heavy atom. The Balaban J connectivity index is 1.42. The number of ketones is 2. The zero-order valence-corrected chi connectivity index (χ0v) is 24.0. The van der Waals surface area contributed by atoms with Gasteiger partial charge in [0.2, 0.25) is 0 Å². The van der Waals surface area contributed by atoms with Crippen molar-refractivity contribution >= 4 is 56.7 Å². The number of halogens is 5. The van der Waals surface area contributed by atoms with Gasteiger partial charge in [-0.3, -0.25) is 24.2 Å². The molecule has 3 heterocycles. The molecule has 1 saturated heterocycles. The SMILES string of the molecule is CN(c1nc(C(F)(F)F)ccc1Cl)N1C(=O)[C@H]2[C@H](CC=C3[C@H](c4ccc(CO)o4)C4=C(C[C@H]32)C(=O)C(Br)=CC4=O)C1=O. The van der Waals surface area contributed by atoms with Crippen molar-refractivity contribution in [1.82, 2.24) is 9.99 Å². The number of hydrogen-bond acceptors (Lipinski definition) is 8. The van der Waals surface area contributed by atoms with E-state index in [-0.39, 0.29) is 39.3 Å². The molecule has 2 aromatic rings. The van der Waals surface area contributed by atoms with Crippen molar-refractivity contribution in [2.75, 3.05) is 12.1 Å². The summed E-state index contributed by atoms with van der Waals surface area (Å²) in [5.74, 6) is -5.50. The number of imide groups is 1. The molecule has 1 fully saturated rings. The van der Waals surface area contributed by atoms with E-state index in [1.54, 1.807) is 18.2 Å². The molecule has 9 nitrogen and oxygen atoms in total. The van der Waals surface area contributed by atoms with E-state index in [0.717, 1.165) is 16.1 Å². The van der Waals surface area contributed by atoms with Gasteiger partial charge in [0.15, 0.2) is 17.4 Å². The molecule has 0 bridgehead atoms. The Kier molecular flexibility index (Phi) is 6.82. The minimum atomic E-state index is -4.79. The first kappa shape index (κ1) is 28.6. The molecule has 218 valence electrons. The predicted octanol–water partition coefficient (Wildman–Crippen LogP) is 4.65. The average molecular weight is 667 g/mol. The number of aliphatic hydroxyl groups is 1. The molecule has 2 amide bonds. The van der Waals surface area contributed by atoms with Crippen LogP contribution < -0.4 is 5.01 Å². The van der Waals surface area contributed by atoms with Gasteiger partial charge in [-0.2, -0.15) is 18.2 Å². The van der Waals surface area contributed by atoms with Crippen molar-refractivity contribution in [2.24, 2.45) is 17.8 Å². The molecule has 4 atom stereocenters. The second kappa shape index (κ2) is 10.0. The monoisotopic (exact) mass is 665 g/mol. The van der Waals surface area contributed by atoms with Crippen molar-refractivity contribution in [3.63, 3.8) is 0 Å². The van der Waals surface area contributed by atoms with Crippen LogP contribution in [-0.4, -0.2) is 45.5 Å². The van der Waals surface area contributed by atoms with Crippen LogP contribution in [0, 0.1) is 17.8 Å². The summed E-state index contributed by atoms with van der Waals surface area (Å²) in [6.45, 7) is -0.398. The topological polar surface area (TPSA) is 121 Å². The Hall–Kier alpha value is -3.55. The molecule has 42 heavy (non-hydrogen) atoms. The molecule has 0 saturated carbocycles. The van der Waals surface area contributed by atoms with Crippen molar-refractivity contribution < 1.29 is 41.9 Å². The van der Waals surface area contributed by atoms with Gasteiger partial charge in [0, 0.05) is 24.3 Å². The molecule has 0 aromatic carbocycles. The molecular weight excluding hydrogens is 647 g/mol. The van der Waals surface area contributed by atoms with Crippen LogP contribution in [0.25, 0.3) is 0 Å². The van der Waals surface area contributed by atoms with Crippen molar-refractivity contribution in [3.05, 3.63) is 79.9 Å². The first-order chi connectivity index (χ1) is 19.8. The van der Waals surface area contributed by atoms with Crippen molar-refractivity contribution in [1.29, 1.82) is 0 Å². The zero-order chi connectivity index (χ0) is 30.2. The van der Waals surface area contributed by atoms with E-state index < -0.39 is 71.3 Å². The summed E-state index contributed by atoms with van der Waals surface area (Å²) in [6, 6.07) is 4.81. The van der Waals surface area contributed by atoms with Crippen LogP contribution in [0.15, 0.2) is 62.0 Å². The number of allylic oxidation sites excluding steroid dienone is 6. The Bertz CT molecular complexity index is 1680. The van der Waals surface area contributed by atoms with Gasteiger partial charge in [0.1, 0.15) is 23.8 Å². The van der Waals surface area contributed by atoms with Gasteiger partial charge in [-0.15, -0.1) is 0 Å². The van der Waals surface area contributed by atoms with Crippen LogP contribution in [0.2, 0.25) is 5.02 Å². The number of fused-ring (bicyclic) bond motifs is 3. The quantitative estimate of drug-likeness (QED) is 0.285. The number of carbonyl (C=O) groups excluding carboxylic acids is 4. The first-order valence-corrected chi connectivity index (χ1v) is 13.9. The number of hydrazine groups is 1. The molecule has 4 aliphatic rings. The maximum atomic E-state index is 14.0. The molecule has 1 aliphatic heterocycles. The smallest absolute Gasteiger partial charge is 0.433 e. The van der Waals surface area contributed by atoms with Gasteiger partial charge in [0.05, 0.1) is 27.3 Å². The standard InChI is InChI=1S/C28H20BrClF3N3O6/c1-35(25-17(30)5-7-20(34-25)28(31,32)33)36-26(40)13-4-3-12-14(21(13)27(36)41)8-15-22(18(38)9-16(29)24(15)39)23(12)19-6-2-11(10-37)42-19/h2-3,5-7,9,13-14,21,23,37H,4,8,10H2,1H3/t13-,14+,21-,23+/m0/s1. The minimum absolute atomic E-state index is 0.0148. The number of aliphatic hydroxyl groups excluding tert-OH is 1. The normalized spacial score (nSPS) is 25.7. The molecule has 2 aromatic heterocycles. The third-order valence-corrected chi connectivity index (χ3v) is 9.04. The lowest BCUT2D eigenvalue weighted by Crippen LogP contribution is -2.46. The third kappa shape index (κ3) is 4.28. The molecule has 6 rings (SSSR count). The molecule has 0 radical (unpaired) electrons. The highest BCUT2D eigenvalue weighted by Crippen LogP contribution is 2.55. The van der Waals surface area contributed by atoms with Gasteiger partial charge in [-0.1, -0.05) is 23.3 Å². The highest BCUT2D eigenvalue weighted by atomic mass is 79.9. The summed E-state index contributed by atoms with van der Waals surface area (Å²) in [6.07, 6.45) is -1.76. The van der Waals surface area contributed by atoms with E-state index in [4.69, 9.17) is 16.0 Å². The van der Waals surface area contributed by atoms with Gasteiger partial charge in [-0.05, 0) is 59.0 Å². The number of amides is 2. The number of anilines is 1.